The number of nitrogens with one attached hydrogen (secondary N) is 1. The van der Waals surface area contributed by atoms with Gasteiger partial charge in [-0.25, -0.2) is 0 Å². The van der Waals surface area contributed by atoms with Gasteiger partial charge in [0.15, 0.2) is 0 Å². The summed E-state index contributed by atoms with van der Waals surface area (Å²) < 4.78 is 5.57. The van der Waals surface area contributed by atoms with E-state index in [0.29, 0.717) is 0 Å². The molecule has 0 spiro atoms. The quantitative estimate of drug-likeness (QED) is 0.586. The van der Waals surface area contributed by atoms with E-state index >= 15 is 0 Å². The van der Waals surface area contributed by atoms with Gasteiger partial charge < -0.3 is 15.0 Å². The van der Waals surface area contributed by atoms with Crippen LogP contribution in [0.15, 0.2) is 0 Å². The van der Waals surface area contributed by atoms with Gasteiger partial charge in [0, 0.05) is 26.2 Å². The van der Waals surface area contributed by atoms with Crippen LogP contribution in [0.1, 0.15) is 25.7 Å². The van der Waals surface area contributed by atoms with Crippen molar-refractivity contribution in [1.29, 1.82) is 0 Å². The zero-order chi connectivity index (χ0) is 10.9. The highest BCUT2D eigenvalue weighted by Crippen LogP contribution is 2.28. The Morgan fingerprint density at radius 3 is 2.60 bits per heavy atom. The van der Waals surface area contributed by atoms with E-state index in [1.54, 1.807) is 0 Å². The van der Waals surface area contributed by atoms with Crippen molar-refractivity contribution in [3.8, 4) is 0 Å². The molecule has 1 N–H and O–H groups in total. The molecule has 3 nitrogen and oxygen atoms in total. The topological polar surface area (TPSA) is 24.5 Å². The Hall–Kier alpha value is -0.120. The lowest BCUT2D eigenvalue weighted by atomic mass is 9.83. The van der Waals surface area contributed by atoms with Crippen LogP contribution < -0.4 is 5.32 Å². The van der Waals surface area contributed by atoms with Gasteiger partial charge in [-0.3, -0.25) is 0 Å². The lowest BCUT2D eigenvalue weighted by molar-refractivity contribution is 0.108. The van der Waals surface area contributed by atoms with Crippen molar-refractivity contribution in [1.82, 2.24) is 10.2 Å². The van der Waals surface area contributed by atoms with Crippen molar-refractivity contribution in [2.24, 2.45) is 5.92 Å². The van der Waals surface area contributed by atoms with Gasteiger partial charge in [0.1, 0.15) is 0 Å². The van der Waals surface area contributed by atoms with E-state index < -0.39 is 0 Å². The molecule has 0 heterocycles. The maximum atomic E-state index is 5.57. The van der Waals surface area contributed by atoms with Gasteiger partial charge in [0.05, 0.1) is 6.61 Å². The van der Waals surface area contributed by atoms with Gasteiger partial charge in [0.2, 0.25) is 0 Å². The predicted octanol–water partition coefficient (Wildman–Crippen LogP) is 1.34. The highest BCUT2D eigenvalue weighted by atomic mass is 16.5. The van der Waals surface area contributed by atoms with Gasteiger partial charge >= 0.3 is 0 Å². The Bertz CT molecular complexity index is 147. The van der Waals surface area contributed by atoms with Crippen LogP contribution in [-0.4, -0.2) is 51.8 Å². The van der Waals surface area contributed by atoms with Gasteiger partial charge in [-0.1, -0.05) is 19.3 Å². The second-order valence-electron chi connectivity index (χ2n) is 4.75. The maximum Gasteiger partial charge on any atom is 0.0590 e. The third kappa shape index (κ3) is 6.88. The lowest BCUT2D eigenvalue weighted by Gasteiger charge is -2.24. The summed E-state index contributed by atoms with van der Waals surface area (Å²) in [7, 11) is 4.19. The fourth-order valence-electron chi connectivity index (χ4n) is 1.71. The molecular formula is C12H26N2O. The van der Waals surface area contributed by atoms with E-state index in [0.717, 1.165) is 38.8 Å². The molecule has 1 aliphatic rings. The summed E-state index contributed by atoms with van der Waals surface area (Å²) in [5.41, 5.74) is 0. The standard InChI is InChI=1S/C12H26N2O/c1-14(2)9-7-13-8-11-15-10-6-12-4-3-5-12/h12-13H,3-11H2,1-2H3. The summed E-state index contributed by atoms with van der Waals surface area (Å²) in [5, 5.41) is 3.37. The molecule has 0 aromatic heterocycles. The predicted molar refractivity (Wildman–Crippen MR) is 64.2 cm³/mol. The number of ether oxygens (including phenoxy) is 1. The van der Waals surface area contributed by atoms with E-state index in [-0.39, 0.29) is 0 Å². The van der Waals surface area contributed by atoms with Crippen LogP contribution in [-0.2, 0) is 4.74 Å². The molecule has 0 unspecified atom stereocenters. The third-order valence-electron chi connectivity index (χ3n) is 3.05. The summed E-state index contributed by atoms with van der Waals surface area (Å²) in [6.45, 7) is 4.96. The Kier molecular flexibility index (Phi) is 6.98. The van der Waals surface area contributed by atoms with Crippen LogP contribution >= 0.6 is 0 Å². The summed E-state index contributed by atoms with van der Waals surface area (Å²) in [4.78, 5) is 2.18. The molecule has 0 aromatic carbocycles. The summed E-state index contributed by atoms with van der Waals surface area (Å²) in [6, 6.07) is 0. The second kappa shape index (κ2) is 8.08. The smallest absolute Gasteiger partial charge is 0.0590 e. The molecule has 90 valence electrons. The molecule has 0 aromatic rings. The minimum absolute atomic E-state index is 0.861. The van der Waals surface area contributed by atoms with Crippen molar-refractivity contribution >= 4 is 0 Å². The Balaban J connectivity index is 1.69. The maximum absolute atomic E-state index is 5.57. The number of likely N-dealkylation sites (N-methyl/N-ethyl adjacent to an activating group) is 1. The van der Waals surface area contributed by atoms with Gasteiger partial charge in [0.25, 0.3) is 0 Å². The molecule has 15 heavy (non-hydrogen) atoms. The van der Waals surface area contributed by atoms with Crippen LogP contribution in [0.4, 0.5) is 0 Å². The van der Waals surface area contributed by atoms with Crippen LogP contribution in [0.3, 0.4) is 0 Å². The van der Waals surface area contributed by atoms with Crippen LogP contribution in [0.5, 0.6) is 0 Å². The highest BCUT2D eigenvalue weighted by Gasteiger charge is 2.16. The van der Waals surface area contributed by atoms with Gasteiger partial charge in [-0.05, 0) is 26.4 Å². The first-order valence-corrected chi connectivity index (χ1v) is 6.22. The Morgan fingerprint density at radius 2 is 2.00 bits per heavy atom. The highest BCUT2D eigenvalue weighted by molar-refractivity contribution is 4.68. The van der Waals surface area contributed by atoms with E-state index in [4.69, 9.17) is 4.74 Å². The first kappa shape index (κ1) is 12.9. The van der Waals surface area contributed by atoms with E-state index in [9.17, 15) is 0 Å². The zero-order valence-corrected chi connectivity index (χ0v) is 10.3. The fraction of sp³-hybridized carbons (Fsp3) is 1.00. The molecule has 1 saturated carbocycles. The SMILES string of the molecule is CN(C)CCNCCOCCC1CCC1. The van der Waals surface area contributed by atoms with Crippen LogP contribution in [0.25, 0.3) is 0 Å². The number of hydrogen-bond donors (Lipinski definition) is 1. The first-order valence-electron chi connectivity index (χ1n) is 6.22. The van der Waals surface area contributed by atoms with Crippen molar-refractivity contribution in [2.45, 2.75) is 25.7 Å². The molecule has 1 fully saturated rings. The van der Waals surface area contributed by atoms with Crippen molar-refractivity contribution < 1.29 is 4.74 Å². The lowest BCUT2D eigenvalue weighted by Crippen LogP contribution is -2.29. The largest absolute Gasteiger partial charge is 0.380 e. The minimum atomic E-state index is 0.861. The third-order valence-corrected chi connectivity index (χ3v) is 3.05. The molecule has 1 aliphatic carbocycles. The normalized spacial score (nSPS) is 17.0. The summed E-state index contributed by atoms with van der Waals surface area (Å²) in [5.74, 6) is 0.978. The average molecular weight is 214 g/mol. The van der Waals surface area contributed by atoms with E-state index in [2.05, 4.69) is 24.3 Å². The summed E-state index contributed by atoms with van der Waals surface area (Å²) in [6.07, 6.45) is 5.59. The molecule has 0 amide bonds. The molecular weight excluding hydrogens is 188 g/mol. The van der Waals surface area contributed by atoms with Crippen molar-refractivity contribution in [3.63, 3.8) is 0 Å². The van der Waals surface area contributed by atoms with Crippen LogP contribution in [0.2, 0.25) is 0 Å². The van der Waals surface area contributed by atoms with Crippen LogP contribution in [0, 0.1) is 5.92 Å². The molecule has 0 saturated heterocycles. The Labute approximate surface area is 94.2 Å². The minimum Gasteiger partial charge on any atom is -0.380 e. The summed E-state index contributed by atoms with van der Waals surface area (Å²) >= 11 is 0. The molecule has 0 atom stereocenters. The number of rotatable bonds is 9. The second-order valence-corrected chi connectivity index (χ2v) is 4.75. The van der Waals surface area contributed by atoms with Crippen molar-refractivity contribution in [2.75, 3.05) is 46.9 Å². The molecule has 0 bridgehead atoms. The molecule has 0 aliphatic heterocycles. The molecule has 0 radical (unpaired) electrons. The zero-order valence-electron chi connectivity index (χ0n) is 10.3. The average Bonchev–Trinajstić information content (AvgIpc) is 2.12. The first-order chi connectivity index (χ1) is 7.29. The Morgan fingerprint density at radius 1 is 1.20 bits per heavy atom. The van der Waals surface area contributed by atoms with E-state index in [1.165, 1.54) is 25.7 Å². The number of hydrogen-bond acceptors (Lipinski definition) is 3. The van der Waals surface area contributed by atoms with Crippen molar-refractivity contribution in [3.05, 3.63) is 0 Å². The monoisotopic (exact) mass is 214 g/mol. The molecule has 1 rings (SSSR count). The number of nitrogens with zero attached hydrogens (tertiary/aromatic N) is 1. The van der Waals surface area contributed by atoms with Gasteiger partial charge in [-0.2, -0.15) is 0 Å². The van der Waals surface area contributed by atoms with E-state index in [1.807, 2.05) is 0 Å². The molecule has 3 heteroatoms. The van der Waals surface area contributed by atoms with Gasteiger partial charge in [-0.15, -0.1) is 0 Å². The fourth-order valence-corrected chi connectivity index (χ4v) is 1.71.